The van der Waals surface area contributed by atoms with Gasteiger partial charge in [-0.3, -0.25) is 0 Å². The number of para-hydroxylation sites is 1. The highest BCUT2D eigenvalue weighted by atomic mass is 35.5. The monoisotopic (exact) mass is 426 g/mol. The Kier molecular flexibility index (Phi) is 5.76. The van der Waals surface area contributed by atoms with Crippen LogP contribution in [-0.2, 0) is 16.6 Å². The topological polar surface area (TPSA) is 72.6 Å². The van der Waals surface area contributed by atoms with Crippen LogP contribution >= 0.6 is 23.2 Å². The summed E-state index contributed by atoms with van der Waals surface area (Å²) >= 11 is 11.8. The van der Waals surface area contributed by atoms with Crippen molar-refractivity contribution in [2.24, 2.45) is 0 Å². The van der Waals surface area contributed by atoms with Crippen LogP contribution in [0.15, 0.2) is 57.9 Å². The Morgan fingerprint density at radius 2 is 1.85 bits per heavy atom. The number of sulfonamides is 1. The van der Waals surface area contributed by atoms with E-state index < -0.39 is 10.0 Å². The predicted molar refractivity (Wildman–Crippen MR) is 104 cm³/mol. The lowest BCUT2D eigenvalue weighted by Crippen LogP contribution is -2.26. The molecule has 27 heavy (non-hydrogen) atoms. The largest absolute Gasteiger partial charge is 0.496 e. The molecule has 0 unspecified atom stereocenters. The number of methoxy groups -OCH3 is 1. The first kappa shape index (κ1) is 19.7. The summed E-state index contributed by atoms with van der Waals surface area (Å²) in [6.07, 6.45) is 0. The first-order chi connectivity index (χ1) is 12.8. The second-order valence-electron chi connectivity index (χ2n) is 5.72. The molecule has 0 saturated heterocycles. The standard InChI is InChI=1S/C18H16Cl2N2O4S/c1-22(27(23,24)13-7-8-15(19)16(20)10-13)11-12-9-17(21-26-12)14-5-3-4-6-18(14)25-2/h3-10H,11H2,1-2H3. The van der Waals surface area contributed by atoms with Crippen LogP contribution in [0.2, 0.25) is 10.0 Å². The average molecular weight is 427 g/mol. The summed E-state index contributed by atoms with van der Waals surface area (Å²) in [6.45, 7) is 0.00469. The van der Waals surface area contributed by atoms with Crippen molar-refractivity contribution in [1.29, 1.82) is 0 Å². The lowest BCUT2D eigenvalue weighted by molar-refractivity contribution is 0.344. The molecule has 6 nitrogen and oxygen atoms in total. The van der Waals surface area contributed by atoms with Crippen LogP contribution in [0.4, 0.5) is 0 Å². The van der Waals surface area contributed by atoms with E-state index in [0.717, 1.165) is 9.87 Å². The van der Waals surface area contributed by atoms with Crippen molar-refractivity contribution < 1.29 is 17.7 Å². The fourth-order valence-corrected chi connectivity index (χ4v) is 4.02. The molecule has 3 aromatic rings. The maximum absolute atomic E-state index is 12.7. The lowest BCUT2D eigenvalue weighted by Gasteiger charge is -2.15. The minimum absolute atomic E-state index is 0.00469. The molecule has 1 heterocycles. The molecule has 1 aromatic heterocycles. The minimum Gasteiger partial charge on any atom is -0.496 e. The summed E-state index contributed by atoms with van der Waals surface area (Å²) < 4.78 is 37.2. The number of aromatic nitrogens is 1. The van der Waals surface area contributed by atoms with Gasteiger partial charge in [-0.05, 0) is 30.3 Å². The van der Waals surface area contributed by atoms with Crippen molar-refractivity contribution in [3.05, 3.63) is 64.3 Å². The number of hydrogen-bond donors (Lipinski definition) is 0. The molecule has 0 radical (unpaired) electrons. The van der Waals surface area contributed by atoms with Gasteiger partial charge in [0.15, 0.2) is 5.76 Å². The third-order valence-corrected chi connectivity index (χ3v) is 6.46. The van der Waals surface area contributed by atoms with Gasteiger partial charge in [0.05, 0.1) is 28.6 Å². The van der Waals surface area contributed by atoms with E-state index in [4.69, 9.17) is 32.5 Å². The van der Waals surface area contributed by atoms with Gasteiger partial charge in [0.25, 0.3) is 0 Å². The quantitative estimate of drug-likeness (QED) is 0.580. The maximum atomic E-state index is 12.7. The van der Waals surface area contributed by atoms with E-state index in [1.54, 1.807) is 13.2 Å². The fraction of sp³-hybridized carbons (Fsp3) is 0.167. The van der Waals surface area contributed by atoms with Gasteiger partial charge in [0.2, 0.25) is 10.0 Å². The van der Waals surface area contributed by atoms with Crippen molar-refractivity contribution in [1.82, 2.24) is 9.46 Å². The van der Waals surface area contributed by atoms with Gasteiger partial charge >= 0.3 is 0 Å². The molecule has 0 amide bonds. The number of rotatable bonds is 6. The van der Waals surface area contributed by atoms with Crippen LogP contribution in [0.5, 0.6) is 5.75 Å². The van der Waals surface area contributed by atoms with E-state index in [1.807, 2.05) is 24.3 Å². The molecular weight excluding hydrogens is 411 g/mol. The molecule has 0 aliphatic carbocycles. The molecule has 0 aliphatic rings. The Hall–Kier alpha value is -2.06. The second kappa shape index (κ2) is 7.90. The first-order valence-corrected chi connectivity index (χ1v) is 10.0. The zero-order chi connectivity index (χ0) is 19.6. The molecule has 0 fully saturated rings. The van der Waals surface area contributed by atoms with E-state index in [1.165, 1.54) is 25.2 Å². The Balaban J connectivity index is 1.83. The van der Waals surface area contributed by atoms with Crippen LogP contribution in [0.1, 0.15) is 5.76 Å². The molecule has 0 saturated carbocycles. The average Bonchev–Trinajstić information content (AvgIpc) is 3.12. The molecular formula is C18H16Cl2N2O4S. The summed E-state index contributed by atoms with van der Waals surface area (Å²) in [6, 6.07) is 13.2. The van der Waals surface area contributed by atoms with Crippen LogP contribution in [0.3, 0.4) is 0 Å². The van der Waals surface area contributed by atoms with E-state index >= 15 is 0 Å². The summed E-state index contributed by atoms with van der Waals surface area (Å²) in [4.78, 5) is 0.0452. The Morgan fingerprint density at radius 3 is 2.56 bits per heavy atom. The third-order valence-electron chi connectivity index (χ3n) is 3.92. The van der Waals surface area contributed by atoms with Crippen molar-refractivity contribution >= 4 is 33.2 Å². The predicted octanol–water partition coefficient (Wildman–Crippen LogP) is 4.48. The zero-order valence-corrected chi connectivity index (χ0v) is 16.8. The smallest absolute Gasteiger partial charge is 0.243 e. The zero-order valence-electron chi connectivity index (χ0n) is 14.5. The molecule has 142 valence electrons. The van der Waals surface area contributed by atoms with E-state index in [-0.39, 0.29) is 21.5 Å². The van der Waals surface area contributed by atoms with Crippen molar-refractivity contribution in [2.75, 3.05) is 14.2 Å². The van der Waals surface area contributed by atoms with E-state index in [2.05, 4.69) is 5.16 Å². The molecule has 0 aliphatic heterocycles. The molecule has 0 atom stereocenters. The number of hydrogen-bond acceptors (Lipinski definition) is 5. The summed E-state index contributed by atoms with van der Waals surface area (Å²) in [5.41, 5.74) is 1.31. The van der Waals surface area contributed by atoms with Gasteiger partial charge in [-0.1, -0.05) is 40.5 Å². The highest BCUT2D eigenvalue weighted by Gasteiger charge is 2.23. The first-order valence-electron chi connectivity index (χ1n) is 7.83. The van der Waals surface area contributed by atoms with Gasteiger partial charge in [0.1, 0.15) is 11.4 Å². The van der Waals surface area contributed by atoms with Gasteiger partial charge in [-0.2, -0.15) is 4.31 Å². The van der Waals surface area contributed by atoms with Crippen LogP contribution in [-0.4, -0.2) is 32.0 Å². The second-order valence-corrected chi connectivity index (χ2v) is 8.58. The Labute approximate surface area is 167 Å². The van der Waals surface area contributed by atoms with Crippen LogP contribution < -0.4 is 4.74 Å². The van der Waals surface area contributed by atoms with Crippen molar-refractivity contribution in [3.8, 4) is 17.0 Å². The number of ether oxygens (including phenoxy) is 1. The Morgan fingerprint density at radius 1 is 1.11 bits per heavy atom. The van der Waals surface area contributed by atoms with E-state index in [0.29, 0.717) is 17.2 Å². The highest BCUT2D eigenvalue weighted by Crippen LogP contribution is 2.30. The van der Waals surface area contributed by atoms with Crippen LogP contribution in [0.25, 0.3) is 11.3 Å². The molecule has 2 aromatic carbocycles. The Bertz CT molecular complexity index is 1070. The lowest BCUT2D eigenvalue weighted by atomic mass is 10.1. The van der Waals surface area contributed by atoms with Crippen molar-refractivity contribution in [2.45, 2.75) is 11.4 Å². The van der Waals surface area contributed by atoms with E-state index in [9.17, 15) is 8.42 Å². The summed E-state index contributed by atoms with van der Waals surface area (Å²) in [5, 5.41) is 4.47. The van der Waals surface area contributed by atoms with Crippen LogP contribution in [0, 0.1) is 0 Å². The molecule has 9 heteroatoms. The number of halogens is 2. The van der Waals surface area contributed by atoms with Crippen molar-refractivity contribution in [3.63, 3.8) is 0 Å². The van der Waals surface area contributed by atoms with Gasteiger partial charge in [-0.15, -0.1) is 0 Å². The molecule has 3 rings (SSSR count). The molecule has 0 bridgehead atoms. The van der Waals surface area contributed by atoms with Gasteiger partial charge in [0, 0.05) is 18.7 Å². The highest BCUT2D eigenvalue weighted by molar-refractivity contribution is 7.89. The number of nitrogens with zero attached hydrogens (tertiary/aromatic N) is 2. The summed E-state index contributed by atoms with van der Waals surface area (Å²) in [7, 11) is -0.752. The third kappa shape index (κ3) is 4.11. The molecule has 0 N–H and O–H groups in total. The van der Waals surface area contributed by atoms with Gasteiger partial charge in [-0.25, -0.2) is 8.42 Å². The minimum atomic E-state index is -3.77. The fourth-order valence-electron chi connectivity index (χ4n) is 2.49. The number of benzene rings is 2. The molecule has 0 spiro atoms. The summed E-state index contributed by atoms with van der Waals surface area (Å²) in [5.74, 6) is 1.04. The SMILES string of the molecule is COc1ccccc1-c1cc(CN(C)S(=O)(=O)c2ccc(Cl)c(Cl)c2)on1. The maximum Gasteiger partial charge on any atom is 0.243 e. The normalized spacial score (nSPS) is 11.7. The van der Waals surface area contributed by atoms with Gasteiger partial charge < -0.3 is 9.26 Å².